The lowest BCUT2D eigenvalue weighted by atomic mass is 9.77. The topological polar surface area (TPSA) is 33.6 Å². The summed E-state index contributed by atoms with van der Waals surface area (Å²) >= 11 is 12.7. The predicted octanol–water partition coefficient (Wildman–Crippen LogP) is 9.15. The van der Waals surface area contributed by atoms with Gasteiger partial charge in [0.05, 0.1) is 16.8 Å². The number of rotatable bonds is 6. The van der Waals surface area contributed by atoms with E-state index in [0.29, 0.717) is 34.2 Å². The number of ether oxygens (including phenoxy) is 1. The van der Waals surface area contributed by atoms with Gasteiger partial charge in [0.25, 0.3) is 0 Å². The van der Waals surface area contributed by atoms with E-state index < -0.39 is 0 Å². The van der Waals surface area contributed by atoms with Crippen LogP contribution in [0.5, 0.6) is 5.75 Å². The zero-order valence-electron chi connectivity index (χ0n) is 20.1. The zero-order valence-corrected chi connectivity index (χ0v) is 21.7. The number of hydrogen-bond donors (Lipinski definition) is 1. The number of fused-ring (bicyclic) bond motifs is 3. The van der Waals surface area contributed by atoms with E-state index >= 15 is 0 Å². The fraction of sp³-hybridized carbons (Fsp3) is 0.156. The molecule has 1 heterocycles. The van der Waals surface area contributed by atoms with Crippen molar-refractivity contribution in [3.63, 3.8) is 0 Å². The minimum absolute atomic E-state index is 0.282. The summed E-state index contributed by atoms with van der Waals surface area (Å²) in [5.74, 6) is 1.62. The van der Waals surface area contributed by atoms with Crippen molar-refractivity contribution in [1.82, 2.24) is 0 Å². The number of nitrogens with one attached hydrogen (secondary N) is 1. The van der Waals surface area contributed by atoms with Crippen LogP contribution in [0.4, 0.5) is 11.4 Å². The fourth-order valence-electron chi connectivity index (χ4n) is 5.28. The Balaban J connectivity index is 1.13. The van der Waals surface area contributed by atoms with Gasteiger partial charge in [0, 0.05) is 28.4 Å². The van der Waals surface area contributed by atoms with Crippen LogP contribution in [0.25, 0.3) is 0 Å². The number of anilines is 1. The quantitative estimate of drug-likeness (QED) is 0.201. The van der Waals surface area contributed by atoms with E-state index in [-0.39, 0.29) is 6.04 Å². The number of aliphatic imine (C=N–C) groups is 1. The lowest BCUT2D eigenvalue weighted by Crippen LogP contribution is -2.28. The molecule has 3 atom stereocenters. The molecule has 0 aromatic heterocycles. The smallest absolute Gasteiger partial charge is 0.138 e. The molecule has 0 saturated carbocycles. The summed E-state index contributed by atoms with van der Waals surface area (Å²) in [5.41, 5.74) is 6.65. The number of para-hydroxylation sites is 1. The molecule has 4 aromatic carbocycles. The molecule has 37 heavy (non-hydrogen) atoms. The second-order valence-electron chi connectivity index (χ2n) is 9.48. The molecule has 6 rings (SSSR count). The lowest BCUT2D eigenvalue weighted by molar-refractivity contribution is 0.306. The summed E-state index contributed by atoms with van der Waals surface area (Å²) < 4.78 is 5.87. The third-order valence-corrected chi connectivity index (χ3v) is 7.85. The average molecular weight is 525 g/mol. The van der Waals surface area contributed by atoms with Crippen molar-refractivity contribution in [2.24, 2.45) is 10.9 Å². The van der Waals surface area contributed by atoms with E-state index in [1.807, 2.05) is 48.7 Å². The molecule has 0 spiro atoms. The monoisotopic (exact) mass is 524 g/mol. The second kappa shape index (κ2) is 10.5. The van der Waals surface area contributed by atoms with Crippen molar-refractivity contribution in [2.45, 2.75) is 25.0 Å². The van der Waals surface area contributed by atoms with E-state index in [1.165, 1.54) is 16.8 Å². The van der Waals surface area contributed by atoms with Crippen molar-refractivity contribution in [2.75, 3.05) is 5.32 Å². The van der Waals surface area contributed by atoms with E-state index in [4.69, 9.17) is 27.9 Å². The van der Waals surface area contributed by atoms with E-state index in [9.17, 15) is 0 Å². The zero-order chi connectivity index (χ0) is 25.2. The van der Waals surface area contributed by atoms with Crippen LogP contribution >= 0.6 is 23.2 Å². The number of benzene rings is 4. The van der Waals surface area contributed by atoms with Gasteiger partial charge in [-0.3, -0.25) is 4.99 Å². The van der Waals surface area contributed by atoms with E-state index in [2.05, 4.69) is 71.0 Å². The second-order valence-corrected chi connectivity index (χ2v) is 10.3. The fourth-order valence-corrected chi connectivity index (χ4v) is 5.71. The molecule has 1 aliphatic carbocycles. The maximum absolute atomic E-state index is 6.47. The van der Waals surface area contributed by atoms with Gasteiger partial charge in [-0.1, -0.05) is 83.9 Å². The van der Waals surface area contributed by atoms with Crippen LogP contribution in [0.15, 0.2) is 108 Å². The van der Waals surface area contributed by atoms with Gasteiger partial charge >= 0.3 is 0 Å². The summed E-state index contributed by atoms with van der Waals surface area (Å²) in [6, 6.07) is 30.8. The maximum atomic E-state index is 6.47. The van der Waals surface area contributed by atoms with Gasteiger partial charge in [-0.15, -0.1) is 0 Å². The predicted molar refractivity (Wildman–Crippen MR) is 154 cm³/mol. The van der Waals surface area contributed by atoms with Crippen LogP contribution < -0.4 is 10.1 Å². The number of halogens is 2. The number of allylic oxidation sites excluding steroid dienone is 2. The molecule has 0 radical (unpaired) electrons. The van der Waals surface area contributed by atoms with Gasteiger partial charge in [0.15, 0.2) is 0 Å². The van der Waals surface area contributed by atoms with E-state index in [1.54, 1.807) is 0 Å². The van der Waals surface area contributed by atoms with Crippen molar-refractivity contribution in [1.29, 1.82) is 0 Å². The van der Waals surface area contributed by atoms with Gasteiger partial charge in [-0.2, -0.15) is 0 Å². The minimum atomic E-state index is 0.282. The van der Waals surface area contributed by atoms with E-state index in [0.717, 1.165) is 23.2 Å². The van der Waals surface area contributed by atoms with Crippen molar-refractivity contribution < 1.29 is 4.74 Å². The molecule has 4 aromatic rings. The molecule has 0 unspecified atom stereocenters. The van der Waals surface area contributed by atoms with Crippen LogP contribution in [-0.2, 0) is 6.61 Å². The summed E-state index contributed by atoms with van der Waals surface area (Å²) in [5, 5.41) is 5.00. The summed E-state index contributed by atoms with van der Waals surface area (Å²) in [6.07, 6.45) is 7.61. The normalized spacial score (nSPS) is 19.9. The summed E-state index contributed by atoms with van der Waals surface area (Å²) in [6.45, 7) is 0.359. The van der Waals surface area contributed by atoms with Crippen LogP contribution in [0.2, 0.25) is 10.0 Å². The van der Waals surface area contributed by atoms with Crippen molar-refractivity contribution >= 4 is 40.8 Å². The molecule has 184 valence electrons. The van der Waals surface area contributed by atoms with Crippen LogP contribution in [0.3, 0.4) is 0 Å². The molecule has 1 aliphatic heterocycles. The first-order valence-corrected chi connectivity index (χ1v) is 13.2. The minimum Gasteiger partial charge on any atom is -0.487 e. The molecule has 0 bridgehead atoms. The molecule has 0 fully saturated rings. The molecular weight excluding hydrogens is 499 g/mol. The van der Waals surface area contributed by atoms with Gasteiger partial charge in [-0.25, -0.2) is 0 Å². The molecule has 1 N–H and O–H groups in total. The Labute approximate surface area is 227 Å². The maximum Gasteiger partial charge on any atom is 0.138 e. The van der Waals surface area contributed by atoms with Crippen LogP contribution in [0, 0.1) is 5.92 Å². The SMILES string of the molecule is Clc1ccccc1COc1ccc(C=Nc2ccc([C@@H]3Nc4ccccc4[C@H]4C=CC[C@@H]43)cc2)cc1Cl. The summed E-state index contributed by atoms with van der Waals surface area (Å²) in [4.78, 5) is 4.67. The van der Waals surface area contributed by atoms with Crippen molar-refractivity contribution in [3.8, 4) is 5.75 Å². The van der Waals surface area contributed by atoms with Gasteiger partial charge < -0.3 is 10.1 Å². The van der Waals surface area contributed by atoms with Crippen molar-refractivity contribution in [3.05, 3.63) is 135 Å². The van der Waals surface area contributed by atoms with Gasteiger partial charge in [0.1, 0.15) is 12.4 Å². The Morgan fingerprint density at radius 2 is 1.70 bits per heavy atom. The highest BCUT2D eigenvalue weighted by molar-refractivity contribution is 6.32. The molecular formula is C32H26Cl2N2O. The molecule has 0 saturated heterocycles. The lowest BCUT2D eigenvalue weighted by Gasteiger charge is -2.37. The Morgan fingerprint density at radius 1 is 0.892 bits per heavy atom. The first-order chi connectivity index (χ1) is 18.2. The third-order valence-electron chi connectivity index (χ3n) is 7.18. The highest BCUT2D eigenvalue weighted by Crippen LogP contribution is 2.49. The Bertz CT molecular complexity index is 1480. The van der Waals surface area contributed by atoms with Crippen LogP contribution in [-0.4, -0.2) is 6.21 Å². The Morgan fingerprint density at radius 3 is 2.54 bits per heavy atom. The first-order valence-electron chi connectivity index (χ1n) is 12.5. The average Bonchev–Trinajstić information content (AvgIpc) is 3.43. The third kappa shape index (κ3) is 5.02. The molecule has 3 nitrogen and oxygen atoms in total. The Hall–Kier alpha value is -3.53. The largest absolute Gasteiger partial charge is 0.487 e. The van der Waals surface area contributed by atoms with Crippen LogP contribution in [0.1, 0.15) is 40.6 Å². The van der Waals surface area contributed by atoms with Gasteiger partial charge in [0.2, 0.25) is 0 Å². The number of hydrogen-bond acceptors (Lipinski definition) is 3. The molecule has 0 amide bonds. The molecule has 2 aliphatic rings. The summed E-state index contributed by atoms with van der Waals surface area (Å²) in [7, 11) is 0. The highest BCUT2D eigenvalue weighted by Gasteiger charge is 2.37. The first kappa shape index (κ1) is 23.8. The number of nitrogens with zero attached hydrogens (tertiary/aromatic N) is 1. The molecule has 5 heteroatoms. The Kier molecular flexibility index (Phi) is 6.73. The standard InChI is InChI=1S/C32H26Cl2N2O/c33-28-10-3-1-6-23(28)20-37-31-17-12-21(18-29(31)34)19-35-24-15-13-22(14-16-24)32-27-9-5-8-25(27)26-7-2-4-11-30(26)36-32/h1-8,10-19,25,27,32,36H,9,20H2/t25-,27+,32+/m1/s1. The highest BCUT2D eigenvalue weighted by atomic mass is 35.5. The van der Waals surface area contributed by atoms with Gasteiger partial charge in [-0.05, 0) is 71.5 Å².